The molecule has 1 heterocycles. The molecule has 0 atom stereocenters. The Balaban J connectivity index is 2.07. The van der Waals surface area contributed by atoms with Crippen molar-refractivity contribution in [1.82, 2.24) is 5.32 Å². The lowest BCUT2D eigenvalue weighted by Gasteiger charge is -2.15. The fourth-order valence-electron chi connectivity index (χ4n) is 1.70. The molecule has 0 aliphatic carbocycles. The molecule has 1 aliphatic rings. The summed E-state index contributed by atoms with van der Waals surface area (Å²) in [6.45, 7) is 4.38. The summed E-state index contributed by atoms with van der Waals surface area (Å²) in [6, 6.07) is 5.29. The minimum absolute atomic E-state index is 0.00266. The molecule has 6 heteroatoms. The number of amidine groups is 1. The molecule has 1 aromatic rings. The molecule has 1 fully saturated rings. The first kappa shape index (κ1) is 14.2. The Morgan fingerprint density at radius 1 is 1.37 bits per heavy atom. The molecule has 0 aromatic heterocycles. The number of benzene rings is 1. The molecular weight excluding hydrogens is 273 g/mol. The van der Waals surface area contributed by atoms with E-state index < -0.39 is 11.7 Å². The number of halogens is 3. The van der Waals surface area contributed by atoms with Crippen molar-refractivity contribution in [2.75, 3.05) is 5.75 Å². The lowest BCUT2D eigenvalue weighted by molar-refractivity contribution is -0.137. The predicted molar refractivity (Wildman–Crippen MR) is 72.3 cm³/mol. The third-order valence-corrected chi connectivity index (χ3v) is 4.05. The van der Waals surface area contributed by atoms with E-state index >= 15 is 0 Å². The van der Waals surface area contributed by atoms with Gasteiger partial charge in [0.05, 0.1) is 12.1 Å². The average Bonchev–Trinajstić information content (AvgIpc) is 2.66. The van der Waals surface area contributed by atoms with Crippen molar-refractivity contribution in [2.24, 2.45) is 4.99 Å². The van der Waals surface area contributed by atoms with E-state index in [1.54, 1.807) is 17.8 Å². The van der Waals surface area contributed by atoms with Crippen molar-refractivity contribution in [3.8, 4) is 0 Å². The molecule has 2 nitrogen and oxygen atoms in total. The molecule has 0 radical (unpaired) electrons. The van der Waals surface area contributed by atoms with E-state index in [0.29, 0.717) is 5.56 Å². The first-order chi connectivity index (χ1) is 8.76. The number of nitrogens with zero attached hydrogens (tertiary/aromatic N) is 1. The van der Waals surface area contributed by atoms with Crippen molar-refractivity contribution < 1.29 is 13.2 Å². The van der Waals surface area contributed by atoms with Crippen LogP contribution in [0.4, 0.5) is 13.2 Å². The van der Waals surface area contributed by atoms with Crippen LogP contribution in [0, 0.1) is 0 Å². The van der Waals surface area contributed by atoms with Gasteiger partial charge in [-0.1, -0.05) is 23.9 Å². The van der Waals surface area contributed by atoms with Gasteiger partial charge in [0, 0.05) is 11.3 Å². The smallest absolute Gasteiger partial charge is 0.359 e. The maximum absolute atomic E-state index is 12.6. The van der Waals surface area contributed by atoms with Crippen LogP contribution in [0.1, 0.15) is 25.0 Å². The van der Waals surface area contributed by atoms with Crippen LogP contribution in [0.3, 0.4) is 0 Å². The highest BCUT2D eigenvalue weighted by atomic mass is 32.2. The lowest BCUT2D eigenvalue weighted by atomic mass is 10.1. The van der Waals surface area contributed by atoms with E-state index in [1.807, 2.05) is 0 Å². The van der Waals surface area contributed by atoms with Crippen LogP contribution < -0.4 is 5.32 Å². The van der Waals surface area contributed by atoms with Gasteiger partial charge in [-0.25, -0.2) is 0 Å². The second-order valence-electron chi connectivity index (χ2n) is 5.12. The molecule has 1 aliphatic heterocycles. The minimum Gasteiger partial charge on any atom is -0.359 e. The normalized spacial score (nSPS) is 20.6. The van der Waals surface area contributed by atoms with Crippen LogP contribution in [0.5, 0.6) is 0 Å². The molecule has 1 N–H and O–H groups in total. The number of alkyl halides is 3. The van der Waals surface area contributed by atoms with E-state index in [1.165, 1.54) is 6.07 Å². The number of rotatable bonds is 2. The van der Waals surface area contributed by atoms with Gasteiger partial charge in [0.25, 0.3) is 0 Å². The topological polar surface area (TPSA) is 24.4 Å². The predicted octanol–water partition coefficient (Wildman–Crippen LogP) is 3.68. The molecule has 1 saturated heterocycles. The largest absolute Gasteiger partial charge is 0.416 e. The molecule has 0 bridgehead atoms. The summed E-state index contributed by atoms with van der Waals surface area (Å²) in [5.41, 5.74) is -0.0656. The standard InChI is InChI=1S/C13H15F3N2S/c1-12(2)8-19-11(18-12)17-7-9-4-3-5-10(6-9)13(14,15)16/h3-6H,7-8H2,1-2H3,(H,17,18). The first-order valence-electron chi connectivity index (χ1n) is 5.88. The summed E-state index contributed by atoms with van der Waals surface area (Å²) in [7, 11) is 0. The summed E-state index contributed by atoms with van der Waals surface area (Å²) in [4.78, 5) is 4.31. The van der Waals surface area contributed by atoms with E-state index in [4.69, 9.17) is 0 Å². The van der Waals surface area contributed by atoms with Crippen LogP contribution in [0.25, 0.3) is 0 Å². The monoisotopic (exact) mass is 288 g/mol. The maximum Gasteiger partial charge on any atom is 0.416 e. The van der Waals surface area contributed by atoms with Crippen molar-refractivity contribution in [2.45, 2.75) is 32.1 Å². The summed E-state index contributed by atoms with van der Waals surface area (Å²) in [5, 5.41) is 4.03. The first-order valence-corrected chi connectivity index (χ1v) is 6.86. The zero-order valence-corrected chi connectivity index (χ0v) is 11.5. The summed E-state index contributed by atoms with van der Waals surface area (Å²) < 4.78 is 37.7. The molecule has 0 spiro atoms. The summed E-state index contributed by atoms with van der Waals surface area (Å²) in [5.74, 6) is 0.911. The van der Waals surface area contributed by atoms with E-state index in [2.05, 4.69) is 24.2 Å². The number of nitrogens with one attached hydrogen (secondary N) is 1. The zero-order valence-electron chi connectivity index (χ0n) is 10.7. The van der Waals surface area contributed by atoms with Gasteiger partial charge in [0.15, 0.2) is 5.17 Å². The van der Waals surface area contributed by atoms with Gasteiger partial charge >= 0.3 is 6.18 Å². The molecule has 0 saturated carbocycles. The average molecular weight is 288 g/mol. The second-order valence-corrected chi connectivity index (χ2v) is 6.08. The lowest BCUT2D eigenvalue weighted by Crippen LogP contribution is -2.36. The molecule has 1 aromatic carbocycles. The highest BCUT2D eigenvalue weighted by molar-refractivity contribution is 8.14. The Hall–Kier alpha value is -1.17. The summed E-state index contributed by atoms with van der Waals surface area (Å²) in [6.07, 6.45) is -4.30. The molecule has 0 amide bonds. The van der Waals surface area contributed by atoms with Gasteiger partial charge in [-0.2, -0.15) is 13.2 Å². The van der Waals surface area contributed by atoms with Crippen molar-refractivity contribution in [3.63, 3.8) is 0 Å². The Morgan fingerprint density at radius 2 is 2.11 bits per heavy atom. The third kappa shape index (κ3) is 3.89. The van der Waals surface area contributed by atoms with Crippen molar-refractivity contribution >= 4 is 16.9 Å². The Kier molecular flexibility index (Phi) is 3.80. The Bertz CT molecular complexity index is 495. The Labute approximate surface area is 114 Å². The quantitative estimate of drug-likeness (QED) is 0.898. The van der Waals surface area contributed by atoms with Gasteiger partial charge in [0.2, 0.25) is 0 Å². The maximum atomic E-state index is 12.6. The zero-order chi connectivity index (χ0) is 14.1. The van der Waals surface area contributed by atoms with E-state index in [-0.39, 0.29) is 12.1 Å². The third-order valence-electron chi connectivity index (χ3n) is 2.67. The van der Waals surface area contributed by atoms with E-state index in [0.717, 1.165) is 23.1 Å². The van der Waals surface area contributed by atoms with Crippen LogP contribution >= 0.6 is 11.8 Å². The second kappa shape index (κ2) is 5.07. The van der Waals surface area contributed by atoms with Crippen LogP contribution in [0.15, 0.2) is 29.3 Å². The number of hydrogen-bond donors (Lipinski definition) is 1. The fourth-order valence-corrected chi connectivity index (χ4v) is 2.78. The van der Waals surface area contributed by atoms with Gasteiger partial charge < -0.3 is 5.32 Å². The van der Waals surface area contributed by atoms with Crippen LogP contribution in [0.2, 0.25) is 0 Å². The number of aliphatic imine (C=N–C) groups is 1. The van der Waals surface area contributed by atoms with Crippen LogP contribution in [-0.2, 0) is 12.7 Å². The highest BCUT2D eigenvalue weighted by Crippen LogP contribution is 2.30. The molecule has 104 valence electrons. The van der Waals surface area contributed by atoms with Gasteiger partial charge in [0.1, 0.15) is 0 Å². The minimum atomic E-state index is -4.30. The van der Waals surface area contributed by atoms with Gasteiger partial charge in [-0.15, -0.1) is 0 Å². The highest BCUT2D eigenvalue weighted by Gasteiger charge is 2.30. The Morgan fingerprint density at radius 3 is 2.68 bits per heavy atom. The number of thioether (sulfide) groups is 1. The van der Waals surface area contributed by atoms with E-state index in [9.17, 15) is 13.2 Å². The molecule has 2 rings (SSSR count). The fraction of sp³-hybridized carbons (Fsp3) is 0.462. The molecular formula is C13H15F3N2S. The van der Waals surface area contributed by atoms with Crippen molar-refractivity contribution in [3.05, 3.63) is 35.4 Å². The van der Waals surface area contributed by atoms with Crippen molar-refractivity contribution in [1.29, 1.82) is 0 Å². The van der Waals surface area contributed by atoms with Gasteiger partial charge in [-0.3, -0.25) is 4.99 Å². The van der Waals surface area contributed by atoms with Crippen LogP contribution in [-0.4, -0.2) is 16.5 Å². The number of hydrogen-bond acceptors (Lipinski definition) is 2. The van der Waals surface area contributed by atoms with Gasteiger partial charge in [-0.05, 0) is 31.5 Å². The molecule has 19 heavy (non-hydrogen) atoms. The SMILES string of the molecule is CC1(C)CSC(=NCc2cccc(C(F)(F)F)c2)N1. The summed E-state index contributed by atoms with van der Waals surface area (Å²) >= 11 is 1.59. The molecule has 0 unspecified atom stereocenters.